The van der Waals surface area contributed by atoms with Gasteiger partial charge in [0.25, 0.3) is 5.91 Å². The fourth-order valence-electron chi connectivity index (χ4n) is 4.73. The van der Waals surface area contributed by atoms with E-state index in [9.17, 15) is 9.59 Å². The highest BCUT2D eigenvalue weighted by Gasteiger charge is 2.35. The lowest BCUT2D eigenvalue weighted by molar-refractivity contribution is 0.0910. The third-order valence-corrected chi connectivity index (χ3v) is 6.24. The van der Waals surface area contributed by atoms with Gasteiger partial charge in [0.2, 0.25) is 0 Å². The van der Waals surface area contributed by atoms with Gasteiger partial charge in [-0.15, -0.1) is 0 Å². The molecule has 1 aliphatic rings. The molecule has 0 saturated carbocycles. The minimum absolute atomic E-state index is 0.0860. The number of nitrogens with one attached hydrogen (secondary N) is 2. The number of pyridine rings is 1. The molecule has 0 bridgehead atoms. The number of nitrogens with zero attached hydrogens (tertiary/aromatic N) is 3. The predicted molar refractivity (Wildman–Crippen MR) is 131 cm³/mol. The molecule has 0 spiro atoms. The largest absolute Gasteiger partial charge is 0.358 e. The van der Waals surface area contributed by atoms with E-state index in [-0.39, 0.29) is 17.1 Å². The number of aromatic amines is 1. The van der Waals surface area contributed by atoms with Gasteiger partial charge in [0.15, 0.2) is 5.78 Å². The van der Waals surface area contributed by atoms with E-state index in [4.69, 9.17) is 0 Å². The molecule has 0 aliphatic heterocycles. The number of aromatic nitrogens is 4. The smallest absolute Gasteiger partial charge is 0.260 e. The van der Waals surface area contributed by atoms with Crippen molar-refractivity contribution in [2.45, 2.75) is 33.1 Å². The number of hydrogen-bond acceptors (Lipinski definition) is 4. The number of hydrogen-bond donors (Lipinski definition) is 2. The summed E-state index contributed by atoms with van der Waals surface area (Å²) in [5.41, 5.74) is 6.09. The number of benzene rings is 1. The van der Waals surface area contributed by atoms with Crippen LogP contribution in [0.1, 0.15) is 57.8 Å². The van der Waals surface area contributed by atoms with Gasteiger partial charge >= 0.3 is 0 Å². The fourth-order valence-corrected chi connectivity index (χ4v) is 4.73. The van der Waals surface area contributed by atoms with Gasteiger partial charge in [-0.1, -0.05) is 44.2 Å². The molecule has 7 nitrogen and oxygen atoms in total. The Hall–Kier alpha value is -4.00. The minimum atomic E-state index is -0.273. The lowest BCUT2D eigenvalue weighted by atomic mass is 9.75. The van der Waals surface area contributed by atoms with Crippen LogP contribution in [0, 0.1) is 5.41 Å². The number of H-pyrrole nitrogens is 1. The zero-order valence-electron chi connectivity index (χ0n) is 19.6. The van der Waals surface area contributed by atoms with E-state index in [0.717, 1.165) is 40.1 Å². The number of carbonyl (C=O) groups is 2. The Kier molecular flexibility index (Phi) is 5.40. The van der Waals surface area contributed by atoms with E-state index in [0.29, 0.717) is 24.2 Å². The van der Waals surface area contributed by atoms with Crippen LogP contribution in [0.15, 0.2) is 61.1 Å². The SMILES string of the molecule is Cn1cc(C(=O)Nc2cc(-c3[nH]c4c(c3Cc3ccccc3)C(=O)CC(C)(C)C4)ccn2)cn1. The second-order valence-corrected chi connectivity index (χ2v) is 9.72. The molecule has 0 fully saturated rings. The molecule has 4 aromatic rings. The minimum Gasteiger partial charge on any atom is -0.358 e. The summed E-state index contributed by atoms with van der Waals surface area (Å²) in [6, 6.07) is 13.9. The molecule has 1 aliphatic carbocycles. The van der Waals surface area contributed by atoms with Crippen LogP contribution in [-0.2, 0) is 19.9 Å². The van der Waals surface area contributed by atoms with Gasteiger partial charge < -0.3 is 10.3 Å². The Morgan fingerprint density at radius 1 is 1.18 bits per heavy atom. The van der Waals surface area contributed by atoms with Gasteiger partial charge in [0, 0.05) is 49.1 Å². The zero-order chi connectivity index (χ0) is 23.9. The van der Waals surface area contributed by atoms with Crippen LogP contribution < -0.4 is 5.32 Å². The van der Waals surface area contributed by atoms with Crippen molar-refractivity contribution < 1.29 is 9.59 Å². The summed E-state index contributed by atoms with van der Waals surface area (Å²) >= 11 is 0. The zero-order valence-corrected chi connectivity index (χ0v) is 19.6. The van der Waals surface area contributed by atoms with Crippen molar-refractivity contribution in [2.75, 3.05) is 5.32 Å². The first-order chi connectivity index (χ1) is 16.3. The Morgan fingerprint density at radius 3 is 2.71 bits per heavy atom. The molecular weight excluding hydrogens is 426 g/mol. The van der Waals surface area contributed by atoms with E-state index in [1.807, 2.05) is 30.3 Å². The van der Waals surface area contributed by atoms with E-state index in [2.05, 4.69) is 46.4 Å². The highest BCUT2D eigenvalue weighted by Crippen LogP contribution is 2.40. The van der Waals surface area contributed by atoms with Gasteiger partial charge in [-0.25, -0.2) is 4.98 Å². The summed E-state index contributed by atoms with van der Waals surface area (Å²) in [7, 11) is 1.76. The molecule has 0 saturated heterocycles. The summed E-state index contributed by atoms with van der Waals surface area (Å²) in [4.78, 5) is 33.7. The number of carbonyl (C=O) groups excluding carboxylic acids is 2. The van der Waals surface area contributed by atoms with E-state index >= 15 is 0 Å². The van der Waals surface area contributed by atoms with Crippen LogP contribution in [0.4, 0.5) is 5.82 Å². The molecule has 3 aromatic heterocycles. The predicted octanol–water partition coefficient (Wildman–Crippen LogP) is 4.81. The monoisotopic (exact) mass is 453 g/mol. The molecule has 3 heterocycles. The molecule has 34 heavy (non-hydrogen) atoms. The van der Waals surface area contributed by atoms with Crippen molar-refractivity contribution in [3.63, 3.8) is 0 Å². The topological polar surface area (TPSA) is 92.7 Å². The summed E-state index contributed by atoms with van der Waals surface area (Å²) in [6.45, 7) is 4.26. The van der Waals surface area contributed by atoms with Crippen LogP contribution in [0.5, 0.6) is 0 Å². The van der Waals surface area contributed by atoms with E-state index < -0.39 is 0 Å². The molecule has 0 atom stereocenters. The summed E-state index contributed by atoms with van der Waals surface area (Å²) in [5.74, 6) is 0.347. The standard InChI is InChI=1S/C27H27N5O2/c1-27(2)13-21-24(22(33)14-27)20(11-17-7-5-4-6-8-17)25(30-21)18-9-10-28-23(12-18)31-26(34)19-15-29-32(3)16-19/h4-10,12,15-16,30H,11,13-14H2,1-3H3,(H,28,31,34). The average Bonchev–Trinajstić information content (AvgIpc) is 3.38. The third kappa shape index (κ3) is 4.29. The molecule has 7 heteroatoms. The van der Waals surface area contributed by atoms with Crippen molar-refractivity contribution in [1.82, 2.24) is 19.7 Å². The summed E-state index contributed by atoms with van der Waals surface area (Å²) in [5, 5.41) is 6.90. The molecule has 0 radical (unpaired) electrons. The van der Waals surface area contributed by atoms with Gasteiger partial charge in [-0.3, -0.25) is 14.3 Å². The van der Waals surface area contributed by atoms with Crippen molar-refractivity contribution in [2.24, 2.45) is 12.5 Å². The number of anilines is 1. The van der Waals surface area contributed by atoms with Gasteiger partial charge in [-0.05, 0) is 35.1 Å². The quantitative estimate of drug-likeness (QED) is 0.454. The van der Waals surface area contributed by atoms with Crippen molar-refractivity contribution in [3.05, 3.63) is 89.0 Å². The number of amides is 1. The molecular formula is C27H27N5O2. The Morgan fingerprint density at radius 2 is 1.97 bits per heavy atom. The lowest BCUT2D eigenvalue weighted by Gasteiger charge is -2.28. The van der Waals surface area contributed by atoms with Crippen molar-refractivity contribution >= 4 is 17.5 Å². The van der Waals surface area contributed by atoms with Crippen LogP contribution in [0.2, 0.25) is 0 Å². The third-order valence-electron chi connectivity index (χ3n) is 6.24. The lowest BCUT2D eigenvalue weighted by Crippen LogP contribution is -2.27. The molecule has 5 rings (SSSR count). The maximum atomic E-state index is 13.2. The Bertz CT molecular complexity index is 1380. The van der Waals surface area contributed by atoms with Gasteiger partial charge in [0.1, 0.15) is 5.82 Å². The highest BCUT2D eigenvalue weighted by atomic mass is 16.1. The molecule has 172 valence electrons. The average molecular weight is 454 g/mol. The number of fused-ring (bicyclic) bond motifs is 1. The van der Waals surface area contributed by atoms with Gasteiger partial charge in [-0.2, -0.15) is 5.10 Å². The summed E-state index contributed by atoms with van der Waals surface area (Å²) < 4.78 is 1.58. The first kappa shape index (κ1) is 21.8. The summed E-state index contributed by atoms with van der Waals surface area (Å²) in [6.07, 6.45) is 6.83. The first-order valence-corrected chi connectivity index (χ1v) is 11.4. The Labute approximate surface area is 198 Å². The van der Waals surface area contributed by atoms with E-state index in [1.54, 1.807) is 24.1 Å². The molecule has 1 aromatic carbocycles. The normalized spacial score (nSPS) is 14.6. The Balaban J connectivity index is 1.55. The maximum absolute atomic E-state index is 13.2. The molecule has 0 unspecified atom stereocenters. The van der Waals surface area contributed by atoms with Crippen LogP contribution in [0.3, 0.4) is 0 Å². The van der Waals surface area contributed by atoms with E-state index in [1.165, 1.54) is 6.20 Å². The fraction of sp³-hybridized carbons (Fsp3) is 0.259. The molecule has 1 amide bonds. The number of aryl methyl sites for hydroxylation is 1. The van der Waals surface area contributed by atoms with Crippen LogP contribution >= 0.6 is 0 Å². The van der Waals surface area contributed by atoms with Crippen LogP contribution in [0.25, 0.3) is 11.3 Å². The molecule has 2 N–H and O–H groups in total. The maximum Gasteiger partial charge on any atom is 0.260 e. The van der Waals surface area contributed by atoms with Crippen LogP contribution in [-0.4, -0.2) is 31.4 Å². The highest BCUT2D eigenvalue weighted by molar-refractivity contribution is 6.04. The second-order valence-electron chi connectivity index (χ2n) is 9.72. The van der Waals surface area contributed by atoms with Crippen molar-refractivity contribution in [3.8, 4) is 11.3 Å². The van der Waals surface area contributed by atoms with Gasteiger partial charge in [0.05, 0.1) is 17.5 Å². The second kappa shape index (κ2) is 8.41. The van der Waals surface area contributed by atoms with Crippen molar-refractivity contribution in [1.29, 1.82) is 0 Å². The number of ketones is 1. The number of rotatable bonds is 5. The first-order valence-electron chi connectivity index (χ1n) is 11.4. The number of Topliss-reactive ketones (excluding diaryl/α,β-unsaturated/α-hetero) is 1.